The lowest BCUT2D eigenvalue weighted by atomic mass is 10.2. The Morgan fingerprint density at radius 3 is 3.00 bits per heavy atom. The highest BCUT2D eigenvalue weighted by molar-refractivity contribution is 7.13. The van der Waals surface area contributed by atoms with Crippen molar-refractivity contribution in [2.75, 3.05) is 7.11 Å². The van der Waals surface area contributed by atoms with Crippen LogP contribution < -0.4 is 5.32 Å². The van der Waals surface area contributed by atoms with Gasteiger partial charge in [-0.1, -0.05) is 0 Å². The minimum absolute atomic E-state index is 0.380. The summed E-state index contributed by atoms with van der Waals surface area (Å²) in [6.45, 7) is 0.749. The lowest BCUT2D eigenvalue weighted by molar-refractivity contribution is 0.0702. The number of carboxylic acids is 1. The number of rotatable bonds is 5. The van der Waals surface area contributed by atoms with Crippen LogP contribution in [-0.4, -0.2) is 30.3 Å². The van der Waals surface area contributed by atoms with E-state index in [0.29, 0.717) is 17.0 Å². The van der Waals surface area contributed by atoms with E-state index in [1.807, 2.05) is 6.07 Å². The van der Waals surface area contributed by atoms with Gasteiger partial charge in [-0.3, -0.25) is 0 Å². The molecule has 0 aromatic carbocycles. The minimum atomic E-state index is -0.846. The highest BCUT2D eigenvalue weighted by Gasteiger charge is 2.23. The summed E-state index contributed by atoms with van der Waals surface area (Å²) in [6.07, 6.45) is 3.67. The number of hydrogen-bond acceptors (Lipinski definition) is 4. The first-order valence-corrected chi connectivity index (χ1v) is 6.59. The Morgan fingerprint density at radius 1 is 1.59 bits per heavy atom. The third-order valence-electron chi connectivity index (χ3n) is 3.16. The third kappa shape index (κ3) is 3.28. The van der Waals surface area contributed by atoms with Crippen LogP contribution in [0.4, 0.5) is 0 Å². The van der Waals surface area contributed by atoms with E-state index in [4.69, 9.17) is 9.84 Å². The number of hydrogen-bond donors (Lipinski definition) is 2. The molecule has 1 aliphatic rings. The number of ether oxygens (including phenoxy) is 1. The van der Waals surface area contributed by atoms with E-state index in [9.17, 15) is 4.79 Å². The molecule has 17 heavy (non-hydrogen) atoms. The molecule has 0 aliphatic heterocycles. The Kier molecular flexibility index (Phi) is 4.15. The Balaban J connectivity index is 1.80. The molecule has 0 bridgehead atoms. The number of carboxylic acid groups (broad SMARTS) is 1. The average molecular weight is 255 g/mol. The SMILES string of the molecule is COC1CCC(NCc2ccc(C(=O)O)s2)C1. The molecule has 2 atom stereocenters. The first kappa shape index (κ1) is 12.5. The zero-order chi connectivity index (χ0) is 12.3. The molecule has 2 rings (SSSR count). The number of carbonyl (C=O) groups is 1. The van der Waals surface area contributed by atoms with Gasteiger partial charge in [-0.05, 0) is 31.4 Å². The number of thiophene rings is 1. The summed E-state index contributed by atoms with van der Waals surface area (Å²) in [5.74, 6) is -0.846. The van der Waals surface area contributed by atoms with E-state index in [1.54, 1.807) is 13.2 Å². The lowest BCUT2D eigenvalue weighted by Gasteiger charge is -2.11. The van der Waals surface area contributed by atoms with Gasteiger partial charge in [0.15, 0.2) is 0 Å². The van der Waals surface area contributed by atoms with Crippen molar-refractivity contribution in [2.24, 2.45) is 0 Å². The fourth-order valence-electron chi connectivity index (χ4n) is 2.17. The first-order chi connectivity index (χ1) is 8.19. The van der Waals surface area contributed by atoms with E-state index in [0.717, 1.165) is 30.7 Å². The maximum atomic E-state index is 10.7. The molecule has 0 amide bonds. The quantitative estimate of drug-likeness (QED) is 0.846. The molecule has 5 heteroatoms. The lowest BCUT2D eigenvalue weighted by Crippen LogP contribution is -2.26. The van der Waals surface area contributed by atoms with Crippen molar-refractivity contribution in [1.82, 2.24) is 5.32 Å². The second kappa shape index (κ2) is 5.62. The Labute approximate surface area is 105 Å². The normalized spacial score (nSPS) is 24.1. The first-order valence-electron chi connectivity index (χ1n) is 5.77. The molecular weight excluding hydrogens is 238 g/mol. The maximum Gasteiger partial charge on any atom is 0.345 e. The topological polar surface area (TPSA) is 58.6 Å². The Hall–Kier alpha value is -0.910. The van der Waals surface area contributed by atoms with Gasteiger partial charge in [0.1, 0.15) is 4.88 Å². The van der Waals surface area contributed by atoms with E-state index in [-0.39, 0.29) is 0 Å². The molecule has 1 aromatic heterocycles. The van der Waals surface area contributed by atoms with Crippen LogP contribution in [0, 0.1) is 0 Å². The minimum Gasteiger partial charge on any atom is -0.477 e. The predicted octanol–water partition coefficient (Wildman–Crippen LogP) is 2.10. The fourth-order valence-corrected chi connectivity index (χ4v) is 2.97. The van der Waals surface area contributed by atoms with Gasteiger partial charge in [0, 0.05) is 24.6 Å². The molecule has 1 saturated carbocycles. The maximum absolute atomic E-state index is 10.7. The largest absolute Gasteiger partial charge is 0.477 e. The van der Waals surface area contributed by atoms with Crippen LogP contribution >= 0.6 is 11.3 Å². The zero-order valence-corrected chi connectivity index (χ0v) is 10.6. The van der Waals surface area contributed by atoms with Crippen LogP contribution in [0.5, 0.6) is 0 Å². The Bertz CT molecular complexity index is 391. The average Bonchev–Trinajstić information content (AvgIpc) is 2.95. The summed E-state index contributed by atoms with van der Waals surface area (Å²) in [4.78, 5) is 12.2. The van der Waals surface area contributed by atoms with Gasteiger partial charge >= 0.3 is 5.97 Å². The standard InChI is InChI=1S/C12H17NO3S/c1-16-9-3-2-8(6-9)13-7-10-4-5-11(17-10)12(14)15/h4-5,8-9,13H,2-3,6-7H2,1H3,(H,14,15). The summed E-state index contributed by atoms with van der Waals surface area (Å²) >= 11 is 1.34. The van der Waals surface area contributed by atoms with Crippen molar-refractivity contribution < 1.29 is 14.6 Å². The van der Waals surface area contributed by atoms with E-state index in [2.05, 4.69) is 5.32 Å². The predicted molar refractivity (Wildman–Crippen MR) is 66.6 cm³/mol. The molecule has 1 fully saturated rings. The highest BCUT2D eigenvalue weighted by Crippen LogP contribution is 2.22. The highest BCUT2D eigenvalue weighted by atomic mass is 32.1. The third-order valence-corrected chi connectivity index (χ3v) is 4.23. The molecule has 0 radical (unpaired) electrons. The van der Waals surface area contributed by atoms with E-state index in [1.165, 1.54) is 11.3 Å². The van der Waals surface area contributed by atoms with Crippen LogP contribution in [0.2, 0.25) is 0 Å². The smallest absolute Gasteiger partial charge is 0.345 e. The molecule has 4 nitrogen and oxygen atoms in total. The number of methoxy groups -OCH3 is 1. The van der Waals surface area contributed by atoms with Crippen LogP contribution in [0.25, 0.3) is 0 Å². The molecule has 1 aromatic rings. The van der Waals surface area contributed by atoms with Gasteiger partial charge in [-0.15, -0.1) is 11.3 Å². The monoisotopic (exact) mass is 255 g/mol. The van der Waals surface area contributed by atoms with Gasteiger partial charge in [0.25, 0.3) is 0 Å². The summed E-state index contributed by atoms with van der Waals surface area (Å²) in [5.41, 5.74) is 0. The number of nitrogens with one attached hydrogen (secondary N) is 1. The summed E-state index contributed by atoms with van der Waals surface area (Å²) < 4.78 is 5.31. The van der Waals surface area contributed by atoms with Gasteiger partial charge in [-0.2, -0.15) is 0 Å². The molecule has 2 N–H and O–H groups in total. The molecule has 2 unspecified atom stereocenters. The molecule has 0 saturated heterocycles. The van der Waals surface area contributed by atoms with E-state index >= 15 is 0 Å². The summed E-state index contributed by atoms with van der Waals surface area (Å²) in [6, 6.07) is 4.04. The number of aromatic carboxylic acids is 1. The van der Waals surface area contributed by atoms with Crippen LogP contribution in [-0.2, 0) is 11.3 Å². The zero-order valence-electron chi connectivity index (χ0n) is 9.81. The molecule has 1 aliphatic carbocycles. The van der Waals surface area contributed by atoms with Gasteiger partial charge in [0.05, 0.1) is 6.10 Å². The van der Waals surface area contributed by atoms with Crippen LogP contribution in [0.1, 0.15) is 33.8 Å². The fraction of sp³-hybridized carbons (Fsp3) is 0.583. The molecule has 1 heterocycles. The van der Waals surface area contributed by atoms with Gasteiger partial charge in [-0.25, -0.2) is 4.79 Å². The Morgan fingerprint density at radius 2 is 2.41 bits per heavy atom. The van der Waals surface area contributed by atoms with Crippen molar-refractivity contribution in [3.63, 3.8) is 0 Å². The van der Waals surface area contributed by atoms with Crippen molar-refractivity contribution in [3.8, 4) is 0 Å². The van der Waals surface area contributed by atoms with Crippen LogP contribution in [0.3, 0.4) is 0 Å². The second-order valence-electron chi connectivity index (χ2n) is 4.32. The summed E-state index contributed by atoms with van der Waals surface area (Å²) in [7, 11) is 1.76. The van der Waals surface area contributed by atoms with Crippen molar-refractivity contribution in [3.05, 3.63) is 21.9 Å². The van der Waals surface area contributed by atoms with Crippen molar-refractivity contribution in [2.45, 2.75) is 38.0 Å². The van der Waals surface area contributed by atoms with E-state index < -0.39 is 5.97 Å². The summed E-state index contributed by atoms with van der Waals surface area (Å²) in [5, 5.41) is 12.3. The van der Waals surface area contributed by atoms with Crippen LogP contribution in [0.15, 0.2) is 12.1 Å². The molecular formula is C12H17NO3S. The molecule has 94 valence electrons. The van der Waals surface area contributed by atoms with Gasteiger partial charge < -0.3 is 15.2 Å². The van der Waals surface area contributed by atoms with Gasteiger partial charge in [0.2, 0.25) is 0 Å². The van der Waals surface area contributed by atoms with Crippen molar-refractivity contribution >= 4 is 17.3 Å². The van der Waals surface area contributed by atoms with Crippen molar-refractivity contribution in [1.29, 1.82) is 0 Å². The molecule has 0 spiro atoms. The second-order valence-corrected chi connectivity index (χ2v) is 5.49.